The Kier molecular flexibility index (Phi) is 27.7. The summed E-state index contributed by atoms with van der Waals surface area (Å²) in [6.07, 6.45) is 51.7. The van der Waals surface area contributed by atoms with Gasteiger partial charge in [-0.1, -0.05) is 196 Å². The minimum absolute atomic E-state index is 0. The van der Waals surface area contributed by atoms with Crippen molar-refractivity contribution in [1.29, 1.82) is 0 Å². The van der Waals surface area contributed by atoms with Gasteiger partial charge in [-0.05, 0) is 109 Å². The van der Waals surface area contributed by atoms with Crippen LogP contribution in [0.4, 0.5) is 0 Å². The van der Waals surface area contributed by atoms with E-state index in [1.807, 2.05) is 48.5 Å². The molecule has 2 heterocycles. The van der Waals surface area contributed by atoms with Crippen molar-refractivity contribution in [3.05, 3.63) is 122 Å². The van der Waals surface area contributed by atoms with Crippen LogP contribution in [0.3, 0.4) is 0 Å². The zero-order chi connectivity index (χ0) is 53.7. The largest absolute Gasteiger partial charge is 4.00 e. The standard InChI is InChI=1S/2C19H25Si.2C15H25N2.Pt/c2*1-8-18-9-11-19(12-10-18)13-14-20(15(2)3,16(4)5)17(6)7;2*1-3-7-14(8-4-1)16-11-12-17(13-16)15-9-5-2-6-10-15;/h2*9-12,15-17H,2-7H3;2*11-15H,1-10H2;/q4*-1;+4. The van der Waals surface area contributed by atoms with Crippen LogP contribution in [0.5, 0.6) is 0 Å². The Morgan fingerprint density at radius 3 is 0.747 bits per heavy atom. The summed E-state index contributed by atoms with van der Waals surface area (Å²) in [6, 6.07) is 18.7. The third-order valence-electron chi connectivity index (χ3n) is 18.0. The van der Waals surface area contributed by atoms with Crippen LogP contribution in [0.2, 0.25) is 33.2 Å². The molecule has 2 aromatic carbocycles. The van der Waals surface area contributed by atoms with Gasteiger partial charge >= 0.3 is 21.1 Å². The molecule has 2 aliphatic heterocycles. The molecule has 410 valence electrons. The van der Waals surface area contributed by atoms with E-state index in [4.69, 9.17) is 12.8 Å². The van der Waals surface area contributed by atoms with E-state index >= 15 is 0 Å². The molecule has 4 fully saturated rings. The zero-order valence-corrected chi connectivity index (χ0v) is 53.4. The molecule has 4 aliphatic carbocycles. The maximum absolute atomic E-state index is 7.10. The average Bonchev–Trinajstić information content (AvgIpc) is 4.13. The molecule has 6 aliphatic rings. The van der Waals surface area contributed by atoms with Crippen molar-refractivity contribution in [2.24, 2.45) is 0 Å². The molecule has 0 bridgehead atoms. The predicted molar refractivity (Wildman–Crippen MR) is 323 cm³/mol. The minimum Gasteiger partial charge on any atom is -0.506 e. The number of benzene rings is 2. The Morgan fingerprint density at radius 2 is 0.560 bits per heavy atom. The Hall–Kier alpha value is -3.52. The fraction of sp³-hybridized carbons (Fsp3) is 0.618. The molecule has 4 saturated carbocycles. The van der Waals surface area contributed by atoms with Gasteiger partial charge in [-0.15, -0.1) is 46.5 Å². The second-order valence-corrected chi connectivity index (χ2v) is 35.6. The minimum atomic E-state index is -1.65. The Balaban J connectivity index is 0.000000216. The van der Waals surface area contributed by atoms with E-state index in [0.29, 0.717) is 33.2 Å². The topological polar surface area (TPSA) is 13.0 Å². The van der Waals surface area contributed by atoms with Crippen LogP contribution in [0.25, 0.3) is 0 Å². The van der Waals surface area contributed by atoms with Crippen molar-refractivity contribution in [2.45, 2.75) is 269 Å². The third kappa shape index (κ3) is 18.3. The number of hydrogen-bond donors (Lipinski definition) is 0. The van der Waals surface area contributed by atoms with E-state index in [2.05, 4.69) is 176 Å². The summed E-state index contributed by atoms with van der Waals surface area (Å²) in [5.41, 5.74) is 15.0. The Labute approximate surface area is 479 Å². The number of nitrogens with zero attached hydrogens (tertiary/aromatic N) is 4. The summed E-state index contributed by atoms with van der Waals surface area (Å²) in [5.74, 6) is 11.6. The summed E-state index contributed by atoms with van der Waals surface area (Å²) >= 11 is 0. The van der Waals surface area contributed by atoms with Gasteiger partial charge < -0.3 is 32.4 Å². The van der Waals surface area contributed by atoms with E-state index in [1.54, 1.807) is 0 Å². The van der Waals surface area contributed by atoms with Crippen LogP contribution in [0.15, 0.2) is 73.3 Å². The van der Waals surface area contributed by atoms with Gasteiger partial charge in [-0.2, -0.15) is 13.3 Å². The van der Waals surface area contributed by atoms with Crippen LogP contribution in [0.1, 0.15) is 234 Å². The third-order valence-corrected chi connectivity index (χ3v) is 30.6. The van der Waals surface area contributed by atoms with Gasteiger partial charge in [0.2, 0.25) is 0 Å². The summed E-state index contributed by atoms with van der Waals surface area (Å²) < 4.78 is 0. The fourth-order valence-corrected chi connectivity index (χ4v) is 24.1. The van der Waals surface area contributed by atoms with E-state index in [0.717, 1.165) is 46.4 Å². The van der Waals surface area contributed by atoms with Gasteiger partial charge in [0.05, 0.1) is 0 Å². The molecule has 8 rings (SSSR count). The molecule has 4 nitrogen and oxygen atoms in total. The molecule has 0 atom stereocenters. The van der Waals surface area contributed by atoms with Crippen LogP contribution in [-0.4, -0.2) is 59.9 Å². The molecule has 0 aromatic heterocycles. The Morgan fingerprint density at radius 1 is 0.360 bits per heavy atom. The van der Waals surface area contributed by atoms with Crippen LogP contribution >= 0.6 is 0 Å². The molecule has 0 spiro atoms. The van der Waals surface area contributed by atoms with Crippen LogP contribution in [0, 0.1) is 61.0 Å². The molecule has 0 unspecified atom stereocenters. The Bertz CT molecular complexity index is 1960. The maximum Gasteiger partial charge on any atom is 4.00 e. The van der Waals surface area contributed by atoms with Gasteiger partial charge in [0.25, 0.3) is 0 Å². The molecule has 75 heavy (non-hydrogen) atoms. The SMILES string of the molecule is C1=CN(C2CCCCC2)[CH-]N1C1CCCCC1.C1=CN(C2CCCCC2)[CH-]N1C1CCCCC1.[C-]#Cc1ccc(C#C[Si](C(C)C)(C(C)C)C(C)C)cc1.[C-]#Cc1ccc(C#C[Si](C(C)C)(C(C)C)C(C)C)cc1.[Pt+4]. The smallest absolute Gasteiger partial charge is 0.506 e. The van der Waals surface area contributed by atoms with E-state index in [1.165, 1.54) is 128 Å². The quantitative estimate of drug-likeness (QED) is 0.134. The summed E-state index contributed by atoms with van der Waals surface area (Å²) in [6.45, 7) is 32.7. The summed E-state index contributed by atoms with van der Waals surface area (Å²) in [7, 11) is -3.29. The van der Waals surface area contributed by atoms with Gasteiger partial charge in [-0.3, -0.25) is 11.8 Å². The van der Waals surface area contributed by atoms with Gasteiger partial charge in [-0.25, -0.2) is 0 Å². The molecule has 0 amide bonds. The first kappa shape index (κ1) is 64.0. The fourth-order valence-electron chi connectivity index (χ4n) is 13.7. The van der Waals surface area contributed by atoms with Crippen molar-refractivity contribution >= 4 is 16.1 Å². The molecule has 7 heteroatoms. The molecular formula is C68H100N4PtSi2. The number of rotatable bonds is 10. The maximum atomic E-state index is 7.10. The average molecular weight is 1220 g/mol. The van der Waals surface area contributed by atoms with Crippen LogP contribution < -0.4 is 0 Å². The van der Waals surface area contributed by atoms with Crippen molar-refractivity contribution in [3.8, 4) is 34.8 Å². The molecule has 2 aromatic rings. The second kappa shape index (κ2) is 32.4. The van der Waals surface area contributed by atoms with Crippen LogP contribution in [-0.2, 0) is 21.1 Å². The van der Waals surface area contributed by atoms with E-state index < -0.39 is 16.1 Å². The first-order valence-electron chi connectivity index (χ1n) is 29.8. The molecule has 0 radical (unpaired) electrons. The summed E-state index contributed by atoms with van der Waals surface area (Å²) in [4.78, 5) is 9.92. The summed E-state index contributed by atoms with van der Waals surface area (Å²) in [5, 5.41) is 0. The molecular weight excluding hydrogens is 1120 g/mol. The van der Waals surface area contributed by atoms with E-state index in [9.17, 15) is 0 Å². The zero-order valence-electron chi connectivity index (χ0n) is 49.1. The van der Waals surface area contributed by atoms with Gasteiger partial charge in [0.1, 0.15) is 16.1 Å². The van der Waals surface area contributed by atoms with Crippen molar-refractivity contribution in [1.82, 2.24) is 19.6 Å². The first-order valence-corrected chi connectivity index (χ1v) is 34.3. The first-order chi connectivity index (χ1) is 35.5. The van der Waals surface area contributed by atoms with Gasteiger partial charge in [0.15, 0.2) is 0 Å². The molecule has 0 saturated heterocycles. The van der Waals surface area contributed by atoms with Crippen molar-refractivity contribution in [2.75, 3.05) is 0 Å². The van der Waals surface area contributed by atoms with E-state index in [-0.39, 0.29) is 21.1 Å². The normalized spacial score (nSPS) is 18.8. The van der Waals surface area contributed by atoms with Crippen molar-refractivity contribution in [3.63, 3.8) is 0 Å². The predicted octanol–water partition coefficient (Wildman–Crippen LogP) is 18.1. The van der Waals surface area contributed by atoms with Gasteiger partial charge in [0, 0.05) is 35.3 Å². The van der Waals surface area contributed by atoms with Crippen molar-refractivity contribution < 1.29 is 21.1 Å². The second-order valence-electron chi connectivity index (χ2n) is 24.5. The monoisotopic (exact) mass is 1220 g/mol. The molecule has 0 N–H and O–H groups in total. The number of hydrogen-bond acceptors (Lipinski definition) is 4.